The van der Waals surface area contributed by atoms with Crippen molar-refractivity contribution in [2.24, 2.45) is 17.6 Å². The number of benzene rings is 2. The Morgan fingerprint density at radius 3 is 2.67 bits per heavy atom. The summed E-state index contributed by atoms with van der Waals surface area (Å²) in [5.41, 5.74) is 10.1. The molecule has 4 atom stereocenters. The second-order valence-corrected chi connectivity index (χ2v) is 12.2. The number of ether oxygens (including phenoxy) is 1. The first-order chi connectivity index (χ1) is 19.3. The molecule has 0 aromatic heterocycles. The van der Waals surface area contributed by atoms with Gasteiger partial charge in [-0.1, -0.05) is 61.9 Å². The molecule has 1 heterocycles. The molecule has 214 valence electrons. The average Bonchev–Trinajstić information content (AvgIpc) is 2.99. The third-order valence-electron chi connectivity index (χ3n) is 9.76. The maximum absolute atomic E-state index is 13.7. The summed E-state index contributed by atoms with van der Waals surface area (Å²) in [6.45, 7) is 6.76. The van der Waals surface area contributed by atoms with Crippen molar-refractivity contribution >= 4 is 23.1 Å². The number of aliphatic hydroxyl groups is 1. The van der Waals surface area contributed by atoms with Gasteiger partial charge in [0.25, 0.3) is 5.91 Å². The standard InChI is InChI=1S/C34H43ClN2O3/c1-4-25-9-7-10-27(23(25)2)30-29(35)16-15-28-31(30)34(39,18-5-6-20-40-3)33(28)17-8-19-37(22-33)32(38)26-13-11-24(21-36)12-14-26/h7,9-16,23,25,39H,4-6,8,17-22,36H2,1-3H3/t23?,25?,33-,34-/m1/s1. The van der Waals surface area contributed by atoms with Crippen LogP contribution in [0, 0.1) is 11.8 Å². The Bertz CT molecular complexity index is 1300. The number of fused-ring (bicyclic) bond motifs is 2. The number of piperidine rings is 1. The predicted octanol–water partition coefficient (Wildman–Crippen LogP) is 6.61. The van der Waals surface area contributed by atoms with Gasteiger partial charge in [-0.2, -0.15) is 0 Å². The third kappa shape index (κ3) is 4.75. The molecule has 2 aromatic carbocycles. The van der Waals surface area contributed by atoms with Crippen LogP contribution in [0.1, 0.15) is 85.0 Å². The topological polar surface area (TPSA) is 75.8 Å². The molecule has 1 aliphatic heterocycles. The lowest BCUT2D eigenvalue weighted by Gasteiger charge is -2.62. The Kier molecular flexibility index (Phi) is 8.58. The second kappa shape index (κ2) is 11.8. The number of unbranched alkanes of at least 4 members (excludes halogenated alkanes) is 1. The van der Waals surface area contributed by atoms with E-state index in [4.69, 9.17) is 22.1 Å². The van der Waals surface area contributed by atoms with E-state index in [-0.39, 0.29) is 5.91 Å². The Hall–Kier alpha value is -2.44. The van der Waals surface area contributed by atoms with Crippen molar-refractivity contribution in [3.63, 3.8) is 0 Å². The first-order valence-corrected chi connectivity index (χ1v) is 15.2. The van der Waals surface area contributed by atoms with E-state index in [1.807, 2.05) is 35.2 Å². The molecule has 2 aliphatic carbocycles. The van der Waals surface area contributed by atoms with Crippen LogP contribution in [-0.2, 0) is 22.3 Å². The molecule has 5 nitrogen and oxygen atoms in total. The number of allylic oxidation sites excluding steroid dienone is 4. The quantitative estimate of drug-likeness (QED) is 0.337. The summed E-state index contributed by atoms with van der Waals surface area (Å²) < 4.78 is 5.32. The summed E-state index contributed by atoms with van der Waals surface area (Å²) >= 11 is 6.98. The van der Waals surface area contributed by atoms with Gasteiger partial charge in [0.15, 0.2) is 0 Å². The Morgan fingerprint density at radius 2 is 1.98 bits per heavy atom. The number of rotatable bonds is 9. The molecule has 3 aliphatic rings. The average molecular weight is 563 g/mol. The van der Waals surface area contributed by atoms with Gasteiger partial charge >= 0.3 is 0 Å². The van der Waals surface area contributed by atoms with Gasteiger partial charge < -0.3 is 20.5 Å². The van der Waals surface area contributed by atoms with Crippen LogP contribution in [0.3, 0.4) is 0 Å². The molecule has 1 saturated heterocycles. The minimum Gasteiger partial charge on any atom is -0.385 e. The second-order valence-electron chi connectivity index (χ2n) is 11.8. The van der Waals surface area contributed by atoms with Crippen LogP contribution in [0.5, 0.6) is 0 Å². The van der Waals surface area contributed by atoms with E-state index >= 15 is 0 Å². The molecule has 40 heavy (non-hydrogen) atoms. The van der Waals surface area contributed by atoms with Crippen molar-refractivity contribution in [2.45, 2.75) is 69.9 Å². The number of likely N-dealkylation sites (tertiary alicyclic amines) is 1. The van der Waals surface area contributed by atoms with E-state index in [2.05, 4.69) is 38.1 Å². The highest BCUT2D eigenvalue weighted by Crippen LogP contribution is 2.64. The van der Waals surface area contributed by atoms with E-state index in [1.54, 1.807) is 7.11 Å². The summed E-state index contributed by atoms with van der Waals surface area (Å²) in [7, 11) is 1.71. The van der Waals surface area contributed by atoms with Gasteiger partial charge in [-0.3, -0.25) is 4.79 Å². The largest absolute Gasteiger partial charge is 0.385 e. The lowest BCUT2D eigenvalue weighted by molar-refractivity contribution is -0.111. The van der Waals surface area contributed by atoms with Gasteiger partial charge in [0.05, 0.1) is 0 Å². The molecular formula is C34H43ClN2O3. The monoisotopic (exact) mass is 562 g/mol. The van der Waals surface area contributed by atoms with E-state index in [1.165, 1.54) is 5.57 Å². The Balaban J connectivity index is 1.56. The fourth-order valence-electron chi connectivity index (χ4n) is 7.48. The molecule has 2 aromatic rings. The number of halogens is 1. The highest BCUT2D eigenvalue weighted by atomic mass is 35.5. The molecule has 3 N–H and O–H groups in total. The number of hydrogen-bond acceptors (Lipinski definition) is 4. The summed E-state index contributed by atoms with van der Waals surface area (Å²) in [5.74, 6) is 0.741. The fraction of sp³-hybridized carbons (Fsp3) is 0.500. The number of methoxy groups -OCH3 is 1. The maximum atomic E-state index is 13.7. The molecule has 5 rings (SSSR count). The van der Waals surface area contributed by atoms with Crippen LogP contribution in [-0.4, -0.2) is 42.7 Å². The molecule has 0 saturated carbocycles. The summed E-state index contributed by atoms with van der Waals surface area (Å²) in [4.78, 5) is 15.6. The summed E-state index contributed by atoms with van der Waals surface area (Å²) in [6, 6.07) is 11.7. The lowest BCUT2D eigenvalue weighted by atomic mass is 9.47. The SMILES string of the molecule is CCC1C=CC=C(c2c(Cl)ccc3c2[C@](O)(CCCCOC)[C@@]32CCCN(C(=O)c3ccc(CN)cc3)C2)C1C. The zero-order valence-corrected chi connectivity index (χ0v) is 24.8. The number of amides is 1. The summed E-state index contributed by atoms with van der Waals surface area (Å²) in [5, 5.41) is 13.5. The number of carbonyl (C=O) groups is 1. The molecule has 0 radical (unpaired) electrons. The van der Waals surface area contributed by atoms with E-state index in [9.17, 15) is 9.90 Å². The van der Waals surface area contributed by atoms with E-state index in [0.717, 1.165) is 54.4 Å². The zero-order chi connectivity index (χ0) is 28.5. The minimum absolute atomic E-state index is 0.00607. The maximum Gasteiger partial charge on any atom is 0.253 e. The van der Waals surface area contributed by atoms with Crippen molar-refractivity contribution in [3.05, 3.63) is 87.5 Å². The van der Waals surface area contributed by atoms with E-state index < -0.39 is 11.0 Å². The molecule has 0 bridgehead atoms. The van der Waals surface area contributed by atoms with Crippen molar-refractivity contribution in [1.82, 2.24) is 4.90 Å². The first kappa shape index (κ1) is 29.1. The highest BCUT2D eigenvalue weighted by Gasteiger charge is 2.64. The zero-order valence-electron chi connectivity index (χ0n) is 24.1. The van der Waals surface area contributed by atoms with Gasteiger partial charge in [0, 0.05) is 54.9 Å². The van der Waals surface area contributed by atoms with Gasteiger partial charge in [0.1, 0.15) is 5.60 Å². The van der Waals surface area contributed by atoms with Gasteiger partial charge in [0.2, 0.25) is 0 Å². The van der Waals surface area contributed by atoms with Crippen LogP contribution in [0.2, 0.25) is 5.02 Å². The van der Waals surface area contributed by atoms with Crippen molar-refractivity contribution in [2.75, 3.05) is 26.8 Å². The van der Waals surface area contributed by atoms with Crippen LogP contribution >= 0.6 is 11.6 Å². The Morgan fingerprint density at radius 1 is 1.20 bits per heavy atom. The van der Waals surface area contributed by atoms with Crippen molar-refractivity contribution in [1.29, 1.82) is 0 Å². The van der Waals surface area contributed by atoms with Crippen LogP contribution in [0.25, 0.3) is 5.57 Å². The Labute approximate surface area is 244 Å². The first-order valence-electron chi connectivity index (χ1n) is 14.8. The molecule has 6 heteroatoms. The fourth-order valence-corrected chi connectivity index (χ4v) is 7.75. The number of carbonyl (C=O) groups excluding carboxylic acids is 1. The molecule has 1 amide bonds. The van der Waals surface area contributed by atoms with Crippen molar-refractivity contribution < 1.29 is 14.6 Å². The predicted molar refractivity (Wildman–Crippen MR) is 162 cm³/mol. The van der Waals surface area contributed by atoms with Crippen LogP contribution in [0.15, 0.2) is 54.6 Å². The minimum atomic E-state index is -1.08. The van der Waals surface area contributed by atoms with E-state index in [0.29, 0.717) is 55.1 Å². The number of nitrogens with zero attached hydrogens (tertiary/aromatic N) is 1. The third-order valence-corrected chi connectivity index (χ3v) is 10.1. The van der Waals surface area contributed by atoms with Gasteiger partial charge in [-0.05, 0) is 90.8 Å². The smallest absolute Gasteiger partial charge is 0.253 e. The lowest BCUT2D eigenvalue weighted by Crippen LogP contribution is -2.66. The van der Waals surface area contributed by atoms with Crippen LogP contribution in [0.4, 0.5) is 0 Å². The van der Waals surface area contributed by atoms with Crippen molar-refractivity contribution in [3.8, 4) is 0 Å². The molecule has 1 spiro atoms. The summed E-state index contributed by atoms with van der Waals surface area (Å²) in [6.07, 6.45) is 11.6. The highest BCUT2D eigenvalue weighted by molar-refractivity contribution is 6.32. The molecular weight excluding hydrogens is 520 g/mol. The normalized spacial score (nSPS) is 27.4. The number of nitrogens with two attached hydrogens (primary N) is 1. The van der Waals surface area contributed by atoms with Gasteiger partial charge in [-0.25, -0.2) is 0 Å². The molecule has 2 unspecified atom stereocenters. The molecule has 1 fully saturated rings. The van der Waals surface area contributed by atoms with Crippen LogP contribution < -0.4 is 5.73 Å². The number of hydrogen-bond donors (Lipinski definition) is 2. The van der Waals surface area contributed by atoms with Gasteiger partial charge in [-0.15, -0.1) is 0 Å².